The number of hydrogen-bond acceptors (Lipinski definition) is 4. The van der Waals surface area contributed by atoms with E-state index in [9.17, 15) is 0 Å². The molecule has 0 amide bonds. The van der Waals surface area contributed by atoms with Crippen molar-refractivity contribution in [1.82, 2.24) is 15.1 Å². The Morgan fingerprint density at radius 2 is 2.00 bits per heavy atom. The third-order valence-corrected chi connectivity index (χ3v) is 3.34. The smallest absolute Gasteiger partial charge is 0.177 e. The maximum atomic E-state index is 5.38. The van der Waals surface area contributed by atoms with Gasteiger partial charge in [0.1, 0.15) is 6.04 Å². The number of ether oxygens (including phenoxy) is 2. The molecule has 0 aliphatic carbocycles. The maximum Gasteiger partial charge on any atom is 0.177 e. The van der Waals surface area contributed by atoms with E-state index in [1.807, 2.05) is 10.9 Å². The number of hydrogen-bond donors (Lipinski definition) is 1. The molecule has 6 heteroatoms. The van der Waals surface area contributed by atoms with E-state index >= 15 is 0 Å². The van der Waals surface area contributed by atoms with Crippen LogP contribution in [0.25, 0.3) is 0 Å². The summed E-state index contributed by atoms with van der Waals surface area (Å²) < 4.78 is 13.7. The molecule has 0 saturated heterocycles. The second-order valence-electron chi connectivity index (χ2n) is 4.29. The molecule has 1 unspecified atom stereocenters. The molecule has 0 aromatic carbocycles. The van der Waals surface area contributed by atoms with E-state index < -0.39 is 0 Å². The van der Waals surface area contributed by atoms with Crippen molar-refractivity contribution < 1.29 is 9.47 Å². The van der Waals surface area contributed by atoms with Gasteiger partial charge in [0.2, 0.25) is 0 Å². The minimum atomic E-state index is -0.351. The second-order valence-corrected chi connectivity index (χ2v) is 5.15. The Balaban J connectivity index is 3.15. The molecule has 0 radical (unpaired) electrons. The summed E-state index contributed by atoms with van der Waals surface area (Å²) in [6.07, 6.45) is 1.46. The van der Waals surface area contributed by atoms with E-state index in [0.29, 0.717) is 0 Å². The zero-order chi connectivity index (χ0) is 13.7. The molecule has 1 N–H and O–H groups in total. The highest BCUT2D eigenvalue weighted by atomic mass is 79.9. The first kappa shape index (κ1) is 15.6. The molecule has 104 valence electrons. The topological polar surface area (TPSA) is 48.3 Å². The van der Waals surface area contributed by atoms with Gasteiger partial charge in [-0.1, -0.05) is 6.92 Å². The number of aromatic nitrogens is 2. The third-order valence-electron chi connectivity index (χ3n) is 2.73. The van der Waals surface area contributed by atoms with Crippen molar-refractivity contribution in [2.75, 3.05) is 20.8 Å². The van der Waals surface area contributed by atoms with Crippen LogP contribution in [0.15, 0.2) is 10.7 Å². The molecule has 1 aromatic heterocycles. The number of nitrogens with one attached hydrogen (secondary N) is 1. The lowest BCUT2D eigenvalue weighted by Gasteiger charge is -2.27. The van der Waals surface area contributed by atoms with E-state index in [0.717, 1.165) is 16.7 Å². The Morgan fingerprint density at radius 1 is 1.39 bits per heavy atom. The zero-order valence-electron chi connectivity index (χ0n) is 11.6. The van der Waals surface area contributed by atoms with E-state index in [2.05, 4.69) is 47.1 Å². The molecule has 18 heavy (non-hydrogen) atoms. The fourth-order valence-corrected chi connectivity index (χ4v) is 2.48. The summed E-state index contributed by atoms with van der Waals surface area (Å²) in [5.41, 5.74) is 1.04. The van der Waals surface area contributed by atoms with Crippen molar-refractivity contribution in [3.8, 4) is 0 Å². The Morgan fingerprint density at radius 3 is 2.44 bits per heavy atom. The molecule has 1 heterocycles. The van der Waals surface area contributed by atoms with E-state index in [-0.39, 0.29) is 18.4 Å². The lowest BCUT2D eigenvalue weighted by molar-refractivity contribution is -0.125. The van der Waals surface area contributed by atoms with Crippen molar-refractivity contribution in [2.24, 2.45) is 0 Å². The summed E-state index contributed by atoms with van der Waals surface area (Å²) in [7, 11) is 3.28. The van der Waals surface area contributed by atoms with Gasteiger partial charge in [-0.3, -0.25) is 4.68 Å². The summed E-state index contributed by atoms with van der Waals surface area (Å²) in [5.74, 6) is 0. The van der Waals surface area contributed by atoms with Crippen LogP contribution in [-0.4, -0.2) is 36.8 Å². The predicted octanol–water partition coefficient (Wildman–Crippen LogP) is 2.50. The summed E-state index contributed by atoms with van der Waals surface area (Å²) in [6.45, 7) is 7.07. The first-order valence-corrected chi connectivity index (χ1v) is 6.87. The normalized spacial score (nSPS) is 13.6. The molecule has 0 fully saturated rings. The van der Waals surface area contributed by atoms with Crippen molar-refractivity contribution in [3.05, 3.63) is 16.4 Å². The Bertz CT molecular complexity index is 364. The second kappa shape index (κ2) is 7.23. The molecule has 0 spiro atoms. The highest BCUT2D eigenvalue weighted by Crippen LogP contribution is 2.29. The van der Waals surface area contributed by atoms with Crippen LogP contribution in [0.1, 0.15) is 38.5 Å². The predicted molar refractivity (Wildman–Crippen MR) is 74.5 cm³/mol. The van der Waals surface area contributed by atoms with Gasteiger partial charge in [0.25, 0.3) is 0 Å². The Hall–Kier alpha value is -0.430. The fraction of sp³-hybridized carbons (Fsp3) is 0.750. The van der Waals surface area contributed by atoms with Gasteiger partial charge in [0.15, 0.2) is 6.29 Å². The molecule has 1 aromatic rings. The van der Waals surface area contributed by atoms with Gasteiger partial charge in [-0.05, 0) is 36.3 Å². The average molecular weight is 320 g/mol. The van der Waals surface area contributed by atoms with Crippen LogP contribution in [0.2, 0.25) is 0 Å². The molecule has 1 rings (SSSR count). The van der Waals surface area contributed by atoms with Crippen LogP contribution < -0.4 is 5.32 Å². The van der Waals surface area contributed by atoms with Gasteiger partial charge in [-0.25, -0.2) is 0 Å². The number of rotatable bonds is 7. The van der Waals surface area contributed by atoms with Crippen molar-refractivity contribution in [1.29, 1.82) is 0 Å². The number of halogens is 1. The monoisotopic (exact) mass is 319 g/mol. The molecule has 1 atom stereocenters. The Kier molecular flexibility index (Phi) is 6.28. The molecular formula is C12H22BrN3O2. The molecule has 0 saturated carbocycles. The van der Waals surface area contributed by atoms with Crippen LogP contribution in [0, 0.1) is 0 Å². The molecule has 0 bridgehead atoms. The van der Waals surface area contributed by atoms with Crippen LogP contribution in [0.5, 0.6) is 0 Å². The minimum Gasteiger partial charge on any atom is -0.354 e. The van der Waals surface area contributed by atoms with Crippen molar-refractivity contribution in [2.45, 2.75) is 39.1 Å². The SMILES string of the molecule is CCNC(c1c(Br)cnn1C(C)C)C(OC)OC. The highest BCUT2D eigenvalue weighted by molar-refractivity contribution is 9.10. The van der Waals surface area contributed by atoms with Crippen molar-refractivity contribution in [3.63, 3.8) is 0 Å². The molecule has 0 aliphatic rings. The summed E-state index contributed by atoms with van der Waals surface area (Å²) in [5, 5.41) is 7.77. The summed E-state index contributed by atoms with van der Waals surface area (Å²) in [4.78, 5) is 0. The minimum absolute atomic E-state index is 0.0655. The molecule has 5 nitrogen and oxygen atoms in total. The average Bonchev–Trinajstić information content (AvgIpc) is 2.71. The van der Waals surface area contributed by atoms with E-state index in [4.69, 9.17) is 9.47 Å². The third kappa shape index (κ3) is 3.32. The first-order valence-electron chi connectivity index (χ1n) is 6.08. The van der Waals surface area contributed by atoms with E-state index in [1.54, 1.807) is 14.2 Å². The van der Waals surface area contributed by atoms with Gasteiger partial charge < -0.3 is 14.8 Å². The summed E-state index contributed by atoms with van der Waals surface area (Å²) >= 11 is 3.55. The van der Waals surface area contributed by atoms with E-state index in [1.165, 1.54) is 0 Å². The van der Waals surface area contributed by atoms with Gasteiger partial charge >= 0.3 is 0 Å². The molecular weight excluding hydrogens is 298 g/mol. The quantitative estimate of drug-likeness (QED) is 0.784. The van der Waals surface area contributed by atoms with Crippen LogP contribution >= 0.6 is 15.9 Å². The largest absolute Gasteiger partial charge is 0.354 e. The standard InChI is InChI=1S/C12H22BrN3O2/c1-6-14-10(12(17-4)18-5)11-9(13)7-15-16(11)8(2)3/h7-8,10,12,14H,6H2,1-5H3. The van der Waals surface area contributed by atoms with Gasteiger partial charge in [0.05, 0.1) is 16.4 Å². The number of methoxy groups -OCH3 is 2. The number of nitrogens with zero attached hydrogens (tertiary/aromatic N) is 2. The van der Waals surface area contributed by atoms with Crippen molar-refractivity contribution >= 4 is 15.9 Å². The van der Waals surface area contributed by atoms with Crippen LogP contribution in [0.4, 0.5) is 0 Å². The first-order chi connectivity index (χ1) is 8.56. The van der Waals surface area contributed by atoms with Gasteiger partial charge in [-0.2, -0.15) is 5.10 Å². The summed E-state index contributed by atoms with van der Waals surface area (Å²) in [6, 6.07) is 0.214. The van der Waals surface area contributed by atoms with Gasteiger partial charge in [0, 0.05) is 20.3 Å². The molecule has 0 aliphatic heterocycles. The zero-order valence-corrected chi connectivity index (χ0v) is 13.2. The maximum absolute atomic E-state index is 5.38. The number of likely N-dealkylation sites (N-methyl/N-ethyl adjacent to an activating group) is 1. The van der Waals surface area contributed by atoms with Crippen LogP contribution in [-0.2, 0) is 9.47 Å². The Labute approximate surface area is 117 Å². The lowest BCUT2D eigenvalue weighted by atomic mass is 10.2. The fourth-order valence-electron chi connectivity index (χ4n) is 1.96. The highest BCUT2D eigenvalue weighted by Gasteiger charge is 2.28. The van der Waals surface area contributed by atoms with Gasteiger partial charge in [-0.15, -0.1) is 0 Å². The van der Waals surface area contributed by atoms with Crippen LogP contribution in [0.3, 0.4) is 0 Å². The lowest BCUT2D eigenvalue weighted by Crippen LogP contribution is -2.36.